The van der Waals surface area contributed by atoms with Crippen LogP contribution in [0, 0.1) is 0 Å². The van der Waals surface area contributed by atoms with Gasteiger partial charge in [0.2, 0.25) is 0 Å². The molecule has 3 aromatic rings. The Morgan fingerprint density at radius 3 is 1.20 bits per heavy atom. The molecule has 0 heterocycles. The topological polar surface area (TPSA) is 86.7 Å². The fourth-order valence-corrected chi connectivity index (χ4v) is 4.77. The predicted octanol–water partition coefficient (Wildman–Crippen LogP) is 3.78. The normalized spacial score (nSPS) is 12.0. The molecule has 0 fully saturated rings. The number of hydrogen-bond donors (Lipinski definition) is 0. The average molecular weight is 447 g/mol. The molecule has 0 amide bonds. The molecular formula is C22H22O6S2. The Labute approximate surface area is 177 Å². The Morgan fingerprint density at radius 1 is 0.500 bits per heavy atom. The molecule has 0 unspecified atom stereocenters. The van der Waals surface area contributed by atoms with Crippen LogP contribution in [0.1, 0.15) is 22.3 Å². The van der Waals surface area contributed by atoms with Gasteiger partial charge in [-0.15, -0.1) is 0 Å². The molecule has 0 aliphatic rings. The highest BCUT2D eigenvalue weighted by atomic mass is 32.2. The monoisotopic (exact) mass is 446 g/mol. The third-order valence-electron chi connectivity index (χ3n) is 4.28. The molecule has 3 aromatic carbocycles. The van der Waals surface area contributed by atoms with Gasteiger partial charge in [-0.1, -0.05) is 84.9 Å². The van der Waals surface area contributed by atoms with Gasteiger partial charge in [0.25, 0.3) is 20.2 Å². The van der Waals surface area contributed by atoms with Crippen LogP contribution in [0.25, 0.3) is 0 Å². The van der Waals surface area contributed by atoms with E-state index in [9.17, 15) is 16.8 Å². The van der Waals surface area contributed by atoms with Crippen LogP contribution in [0.4, 0.5) is 0 Å². The summed E-state index contributed by atoms with van der Waals surface area (Å²) in [6.45, 7) is -0.402. The molecule has 0 saturated carbocycles. The average Bonchev–Trinajstić information content (AvgIpc) is 2.72. The summed E-state index contributed by atoms with van der Waals surface area (Å²) in [4.78, 5) is 0. The van der Waals surface area contributed by atoms with Gasteiger partial charge in [-0.2, -0.15) is 16.8 Å². The zero-order chi connectivity index (χ0) is 21.5. The maximum absolute atomic E-state index is 12.3. The van der Waals surface area contributed by atoms with Crippen molar-refractivity contribution in [2.45, 2.75) is 24.7 Å². The van der Waals surface area contributed by atoms with Gasteiger partial charge in [0.1, 0.15) is 11.5 Å². The van der Waals surface area contributed by atoms with Crippen LogP contribution in [0.15, 0.2) is 84.9 Å². The van der Waals surface area contributed by atoms with Crippen LogP contribution in [0.3, 0.4) is 0 Å². The molecule has 8 heteroatoms. The molecular weight excluding hydrogens is 424 g/mol. The molecule has 0 bridgehead atoms. The van der Waals surface area contributed by atoms with E-state index in [1.165, 1.54) is 0 Å². The van der Waals surface area contributed by atoms with Gasteiger partial charge in [0, 0.05) is 0 Å². The van der Waals surface area contributed by atoms with Crippen LogP contribution >= 0.6 is 0 Å². The van der Waals surface area contributed by atoms with Gasteiger partial charge in [0.15, 0.2) is 0 Å². The third-order valence-corrected chi connectivity index (χ3v) is 6.61. The Kier molecular flexibility index (Phi) is 7.38. The standard InChI is InChI=1S/C22H22O6S2/c23-29(24,17-19-9-3-1-4-10-19)27-15-21-13-7-8-14-22(21)16-28-30(25,26)18-20-11-5-2-6-12-20/h1-14H,15-18H2. The molecule has 0 saturated heterocycles. The van der Waals surface area contributed by atoms with E-state index in [1.807, 2.05) is 0 Å². The molecule has 6 nitrogen and oxygen atoms in total. The minimum absolute atomic E-state index is 0.201. The first kappa shape index (κ1) is 22.2. The maximum Gasteiger partial charge on any atom is 0.271 e. The Hall–Kier alpha value is -2.52. The van der Waals surface area contributed by atoms with Crippen molar-refractivity contribution < 1.29 is 25.2 Å². The molecule has 0 radical (unpaired) electrons. The van der Waals surface area contributed by atoms with Crippen LogP contribution in [0.2, 0.25) is 0 Å². The lowest BCUT2D eigenvalue weighted by molar-refractivity contribution is 0.288. The summed E-state index contributed by atoms with van der Waals surface area (Å²) in [5.74, 6) is -0.476. The SMILES string of the molecule is O=S(=O)(Cc1ccccc1)OCc1ccccc1COS(=O)(=O)Cc1ccccc1. The van der Waals surface area contributed by atoms with Crippen molar-refractivity contribution in [1.82, 2.24) is 0 Å². The van der Waals surface area contributed by atoms with Gasteiger partial charge in [-0.25, -0.2) is 0 Å². The molecule has 0 aliphatic carbocycles. The second-order valence-corrected chi connectivity index (χ2v) is 9.95. The van der Waals surface area contributed by atoms with E-state index in [2.05, 4.69) is 0 Å². The summed E-state index contributed by atoms with van der Waals surface area (Å²) >= 11 is 0. The highest BCUT2D eigenvalue weighted by Gasteiger charge is 2.16. The summed E-state index contributed by atoms with van der Waals surface area (Å²) < 4.78 is 59.3. The predicted molar refractivity (Wildman–Crippen MR) is 114 cm³/mol. The first-order valence-electron chi connectivity index (χ1n) is 9.22. The number of benzene rings is 3. The molecule has 30 heavy (non-hydrogen) atoms. The van der Waals surface area contributed by atoms with Gasteiger partial charge in [-0.05, 0) is 22.3 Å². The Bertz CT molecular complexity index is 1060. The first-order valence-corrected chi connectivity index (χ1v) is 12.4. The van der Waals surface area contributed by atoms with Gasteiger partial charge in [0.05, 0.1) is 13.2 Å². The molecule has 0 aliphatic heterocycles. The summed E-state index contributed by atoms with van der Waals surface area (Å²) in [7, 11) is -7.59. The molecule has 158 valence electrons. The molecule has 0 atom stereocenters. The van der Waals surface area contributed by atoms with Crippen LogP contribution in [-0.4, -0.2) is 16.8 Å². The second kappa shape index (κ2) is 9.99. The molecule has 0 spiro atoms. The lowest BCUT2D eigenvalue weighted by atomic mass is 10.1. The fraction of sp³-hybridized carbons (Fsp3) is 0.182. The third kappa shape index (κ3) is 7.07. The van der Waals surface area contributed by atoms with E-state index in [4.69, 9.17) is 8.37 Å². The smallest absolute Gasteiger partial charge is 0.265 e. The highest BCUT2D eigenvalue weighted by Crippen LogP contribution is 2.17. The van der Waals surface area contributed by atoms with Gasteiger partial charge in [-0.3, -0.25) is 8.37 Å². The van der Waals surface area contributed by atoms with Crippen molar-refractivity contribution in [2.24, 2.45) is 0 Å². The highest BCUT2D eigenvalue weighted by molar-refractivity contribution is 7.86. The lowest BCUT2D eigenvalue weighted by Gasteiger charge is -2.11. The van der Waals surface area contributed by atoms with Gasteiger partial charge >= 0.3 is 0 Å². The van der Waals surface area contributed by atoms with Crippen molar-refractivity contribution in [1.29, 1.82) is 0 Å². The van der Waals surface area contributed by atoms with E-state index < -0.39 is 20.2 Å². The van der Waals surface area contributed by atoms with Crippen LogP contribution in [-0.2, 0) is 53.3 Å². The van der Waals surface area contributed by atoms with E-state index in [0.717, 1.165) is 0 Å². The largest absolute Gasteiger partial charge is 0.271 e. The second-order valence-electron chi connectivity index (χ2n) is 6.67. The number of hydrogen-bond acceptors (Lipinski definition) is 6. The van der Waals surface area contributed by atoms with E-state index in [-0.39, 0.29) is 24.7 Å². The summed E-state index contributed by atoms with van der Waals surface area (Å²) in [5.41, 5.74) is 2.34. The van der Waals surface area contributed by atoms with Gasteiger partial charge < -0.3 is 0 Å². The van der Waals surface area contributed by atoms with Crippen LogP contribution in [0.5, 0.6) is 0 Å². The quantitative estimate of drug-likeness (QED) is 0.441. The van der Waals surface area contributed by atoms with Crippen LogP contribution < -0.4 is 0 Å². The van der Waals surface area contributed by atoms with Crippen molar-refractivity contribution in [3.63, 3.8) is 0 Å². The zero-order valence-corrected chi connectivity index (χ0v) is 17.8. The van der Waals surface area contributed by atoms with E-state index in [0.29, 0.717) is 22.3 Å². The summed E-state index contributed by atoms with van der Waals surface area (Å²) in [6.07, 6.45) is 0. The summed E-state index contributed by atoms with van der Waals surface area (Å²) in [6, 6.07) is 24.3. The maximum atomic E-state index is 12.3. The van der Waals surface area contributed by atoms with Crippen molar-refractivity contribution in [3.05, 3.63) is 107 Å². The van der Waals surface area contributed by atoms with E-state index >= 15 is 0 Å². The minimum Gasteiger partial charge on any atom is -0.265 e. The van der Waals surface area contributed by atoms with Crippen molar-refractivity contribution in [3.8, 4) is 0 Å². The molecule has 0 N–H and O–H groups in total. The molecule has 3 rings (SSSR count). The number of rotatable bonds is 10. The summed E-state index contributed by atoms with van der Waals surface area (Å²) in [5, 5.41) is 0. The first-order chi connectivity index (χ1) is 14.3. The molecule has 0 aromatic heterocycles. The Morgan fingerprint density at radius 2 is 0.833 bits per heavy atom. The minimum atomic E-state index is -3.79. The van der Waals surface area contributed by atoms with Crippen molar-refractivity contribution in [2.75, 3.05) is 0 Å². The van der Waals surface area contributed by atoms with Crippen molar-refractivity contribution >= 4 is 20.2 Å². The van der Waals surface area contributed by atoms with E-state index in [1.54, 1.807) is 84.9 Å². The zero-order valence-electron chi connectivity index (χ0n) is 16.2. The lowest BCUT2D eigenvalue weighted by Crippen LogP contribution is -2.12. The Balaban J connectivity index is 1.61. The fourth-order valence-electron chi connectivity index (χ4n) is 2.79.